The summed E-state index contributed by atoms with van der Waals surface area (Å²) in [4.78, 5) is 24.9. The van der Waals surface area contributed by atoms with Gasteiger partial charge in [0.2, 0.25) is 0 Å². The van der Waals surface area contributed by atoms with E-state index in [0.717, 1.165) is 90.2 Å². The standard InChI is InChI=1S/C58H47N5/c1-5-6-14-54(59-4)45-28-24-43(25-29-45)50-33-48(41-20-16-39(2)17-21-41)35-52(37-50)57-61-56(47-12-8-7-9-13-47)62-58(63-57)53-36-49(42-22-18-40(3)19-23-42)34-51(38-53)44-26-30-46(31-27-44)55-15-10-11-32-60-55/h6-38H,5H2,1-4H3/b14-6-,59-54?. The maximum atomic E-state index is 5.34. The first-order chi connectivity index (χ1) is 30.9. The number of nitrogens with zero attached hydrogens (tertiary/aromatic N) is 5. The molecule has 0 fully saturated rings. The topological polar surface area (TPSA) is 63.9 Å². The Kier molecular flexibility index (Phi) is 11.8. The summed E-state index contributed by atoms with van der Waals surface area (Å²) >= 11 is 0. The zero-order valence-corrected chi connectivity index (χ0v) is 36.0. The Balaban J connectivity index is 1.22. The second-order valence-electron chi connectivity index (χ2n) is 15.8. The zero-order valence-electron chi connectivity index (χ0n) is 36.0. The number of benzene rings is 7. The minimum atomic E-state index is 0.595. The van der Waals surface area contributed by atoms with Crippen molar-refractivity contribution in [1.82, 2.24) is 19.9 Å². The second kappa shape index (κ2) is 18.4. The van der Waals surface area contributed by atoms with Crippen LogP contribution in [0, 0.1) is 13.8 Å². The van der Waals surface area contributed by atoms with Gasteiger partial charge in [0.05, 0.1) is 11.4 Å². The van der Waals surface area contributed by atoms with Crippen molar-refractivity contribution in [1.29, 1.82) is 0 Å². The minimum absolute atomic E-state index is 0.595. The minimum Gasteiger partial charge on any atom is -0.288 e. The number of hydrogen-bond donors (Lipinski definition) is 0. The predicted molar refractivity (Wildman–Crippen MR) is 262 cm³/mol. The molecule has 0 radical (unpaired) electrons. The lowest BCUT2D eigenvalue weighted by atomic mass is 9.94. The molecular formula is C58H47N5. The predicted octanol–water partition coefficient (Wildman–Crippen LogP) is 14.6. The lowest BCUT2D eigenvalue weighted by Gasteiger charge is -2.14. The van der Waals surface area contributed by atoms with Crippen molar-refractivity contribution in [2.24, 2.45) is 4.99 Å². The highest BCUT2D eigenvalue weighted by Crippen LogP contribution is 2.36. The van der Waals surface area contributed by atoms with Crippen LogP contribution in [-0.4, -0.2) is 32.7 Å². The Morgan fingerprint density at radius 1 is 0.429 bits per heavy atom. The molecule has 5 nitrogen and oxygen atoms in total. The van der Waals surface area contributed by atoms with E-state index < -0.39 is 0 Å². The third-order valence-corrected chi connectivity index (χ3v) is 11.3. The van der Waals surface area contributed by atoms with Gasteiger partial charge in [0.25, 0.3) is 0 Å². The molecule has 0 saturated carbocycles. The highest BCUT2D eigenvalue weighted by molar-refractivity contribution is 6.08. The Bertz CT molecular complexity index is 3060. The van der Waals surface area contributed by atoms with Crippen LogP contribution in [0.1, 0.15) is 30.0 Å². The van der Waals surface area contributed by atoms with Crippen LogP contribution in [0.25, 0.3) is 89.9 Å². The maximum Gasteiger partial charge on any atom is 0.164 e. The molecule has 63 heavy (non-hydrogen) atoms. The van der Waals surface area contributed by atoms with E-state index in [9.17, 15) is 0 Å². The van der Waals surface area contributed by atoms with Crippen LogP contribution >= 0.6 is 0 Å². The summed E-state index contributed by atoms with van der Waals surface area (Å²) in [5.74, 6) is 1.80. The zero-order chi connectivity index (χ0) is 43.1. The fraction of sp³-hybridized carbons (Fsp3) is 0.0862. The van der Waals surface area contributed by atoms with E-state index in [4.69, 9.17) is 15.0 Å². The van der Waals surface area contributed by atoms with Crippen molar-refractivity contribution in [3.05, 3.63) is 217 Å². The lowest BCUT2D eigenvalue weighted by molar-refractivity contribution is 1.07. The average molecular weight is 814 g/mol. The van der Waals surface area contributed by atoms with E-state index in [-0.39, 0.29) is 0 Å². The molecule has 9 rings (SSSR count). The summed E-state index contributed by atoms with van der Waals surface area (Å²) in [7, 11) is 1.84. The van der Waals surface area contributed by atoms with Gasteiger partial charge >= 0.3 is 0 Å². The fourth-order valence-electron chi connectivity index (χ4n) is 7.75. The van der Waals surface area contributed by atoms with Gasteiger partial charge in [0, 0.05) is 35.5 Å². The van der Waals surface area contributed by atoms with Gasteiger partial charge in [-0.05, 0) is 125 Å². The van der Waals surface area contributed by atoms with E-state index in [1.54, 1.807) is 0 Å². The molecule has 7 aromatic carbocycles. The first-order valence-electron chi connectivity index (χ1n) is 21.4. The molecule has 0 bridgehead atoms. The van der Waals surface area contributed by atoms with E-state index >= 15 is 0 Å². The maximum absolute atomic E-state index is 5.34. The Morgan fingerprint density at radius 2 is 0.841 bits per heavy atom. The van der Waals surface area contributed by atoms with E-state index in [2.05, 4.69) is 188 Å². The molecule has 9 aromatic rings. The molecule has 0 aliphatic rings. The van der Waals surface area contributed by atoms with Crippen molar-refractivity contribution in [3.63, 3.8) is 0 Å². The number of hydrogen-bond acceptors (Lipinski definition) is 5. The molecule has 0 amide bonds. The number of aromatic nitrogens is 4. The van der Waals surface area contributed by atoms with Gasteiger partial charge in [-0.3, -0.25) is 9.98 Å². The summed E-state index contributed by atoms with van der Waals surface area (Å²) < 4.78 is 0. The third kappa shape index (κ3) is 9.24. The quantitative estimate of drug-likeness (QED) is 0.122. The SMILES string of the molecule is CC/C=C\C(=NC)c1ccc(-c2cc(-c3ccc(C)cc3)cc(-c3nc(-c4ccccc4)nc(-c4cc(-c5ccc(C)cc5)cc(-c5ccc(-c6ccccn6)cc5)c4)n3)c2)cc1. The summed E-state index contributed by atoms with van der Waals surface area (Å²) in [6.45, 7) is 6.36. The van der Waals surface area contributed by atoms with Crippen molar-refractivity contribution in [2.75, 3.05) is 7.05 Å². The van der Waals surface area contributed by atoms with Crippen LogP contribution in [0.5, 0.6) is 0 Å². The van der Waals surface area contributed by atoms with Crippen molar-refractivity contribution in [2.45, 2.75) is 27.2 Å². The highest BCUT2D eigenvalue weighted by Gasteiger charge is 2.17. The molecule has 2 aromatic heterocycles. The number of allylic oxidation sites excluding steroid dienone is 2. The average Bonchev–Trinajstić information content (AvgIpc) is 3.35. The van der Waals surface area contributed by atoms with Gasteiger partial charge in [-0.25, -0.2) is 15.0 Å². The van der Waals surface area contributed by atoms with Crippen molar-refractivity contribution >= 4 is 5.71 Å². The largest absolute Gasteiger partial charge is 0.288 e. The summed E-state index contributed by atoms with van der Waals surface area (Å²) in [6.07, 6.45) is 7.01. The van der Waals surface area contributed by atoms with Gasteiger partial charge < -0.3 is 0 Å². The van der Waals surface area contributed by atoms with Gasteiger partial charge in [-0.2, -0.15) is 0 Å². The van der Waals surface area contributed by atoms with Crippen molar-refractivity contribution < 1.29 is 0 Å². The van der Waals surface area contributed by atoms with Gasteiger partial charge in [0.1, 0.15) is 0 Å². The van der Waals surface area contributed by atoms with E-state index in [1.165, 1.54) is 11.1 Å². The molecule has 5 heteroatoms. The summed E-state index contributed by atoms with van der Waals surface area (Å²) in [5, 5.41) is 0. The molecule has 2 heterocycles. The molecule has 304 valence electrons. The van der Waals surface area contributed by atoms with Gasteiger partial charge in [-0.15, -0.1) is 0 Å². The number of aryl methyl sites for hydroxylation is 2. The van der Waals surface area contributed by atoms with Crippen LogP contribution in [0.4, 0.5) is 0 Å². The Morgan fingerprint density at radius 3 is 1.29 bits per heavy atom. The highest BCUT2D eigenvalue weighted by atomic mass is 15.0. The normalized spacial score (nSPS) is 11.6. The smallest absolute Gasteiger partial charge is 0.164 e. The molecule has 0 spiro atoms. The van der Waals surface area contributed by atoms with Crippen LogP contribution in [0.3, 0.4) is 0 Å². The lowest BCUT2D eigenvalue weighted by Crippen LogP contribution is -2.01. The molecule has 0 atom stereocenters. The van der Waals surface area contributed by atoms with Crippen LogP contribution in [-0.2, 0) is 0 Å². The molecule has 0 saturated heterocycles. The van der Waals surface area contributed by atoms with Crippen LogP contribution < -0.4 is 0 Å². The molecule has 0 aliphatic carbocycles. The van der Waals surface area contributed by atoms with Gasteiger partial charge in [0.15, 0.2) is 17.5 Å². The summed E-state index contributed by atoms with van der Waals surface area (Å²) in [6, 6.07) is 64.1. The second-order valence-corrected chi connectivity index (χ2v) is 15.8. The Hall–Kier alpha value is -7.89. The Labute approximate surface area is 370 Å². The first-order valence-corrected chi connectivity index (χ1v) is 21.4. The van der Waals surface area contributed by atoms with Crippen molar-refractivity contribution in [3.8, 4) is 89.9 Å². The first kappa shape index (κ1) is 40.5. The number of pyridine rings is 1. The third-order valence-electron chi connectivity index (χ3n) is 11.3. The number of rotatable bonds is 11. The molecule has 0 N–H and O–H groups in total. The molecule has 0 unspecified atom stereocenters. The van der Waals surface area contributed by atoms with Gasteiger partial charge in [-0.1, -0.05) is 158 Å². The fourth-order valence-corrected chi connectivity index (χ4v) is 7.75. The van der Waals surface area contributed by atoms with Crippen LogP contribution in [0.15, 0.2) is 205 Å². The summed E-state index contributed by atoms with van der Waals surface area (Å²) in [5.41, 5.74) is 17.9. The molecular weight excluding hydrogens is 767 g/mol. The van der Waals surface area contributed by atoms with E-state index in [1.807, 2.05) is 49.6 Å². The monoisotopic (exact) mass is 813 g/mol. The van der Waals surface area contributed by atoms with Crippen LogP contribution in [0.2, 0.25) is 0 Å². The molecule has 0 aliphatic heterocycles. The number of aliphatic imine (C=N–C) groups is 1. The van der Waals surface area contributed by atoms with E-state index in [0.29, 0.717) is 17.5 Å².